The number of aryl methyl sites for hydroxylation is 2. The molecule has 30 heavy (non-hydrogen) atoms. The number of rotatable bonds is 7. The van der Waals surface area contributed by atoms with Crippen molar-refractivity contribution in [1.29, 1.82) is 0 Å². The van der Waals surface area contributed by atoms with Gasteiger partial charge in [-0.25, -0.2) is 8.42 Å². The lowest BCUT2D eigenvalue weighted by atomic mass is 10.2. The molecule has 3 aromatic carbocycles. The van der Waals surface area contributed by atoms with Crippen LogP contribution >= 0.6 is 0 Å². The van der Waals surface area contributed by atoms with Crippen LogP contribution in [0.15, 0.2) is 76.5 Å². The highest BCUT2D eigenvalue weighted by Crippen LogP contribution is 2.35. The average molecular weight is 425 g/mol. The third kappa shape index (κ3) is 4.80. The van der Waals surface area contributed by atoms with Crippen molar-refractivity contribution < 1.29 is 17.9 Å². The summed E-state index contributed by atoms with van der Waals surface area (Å²) >= 11 is 0. The number of carbonyl (C=O) groups is 1. The Hall–Kier alpha value is -3.32. The van der Waals surface area contributed by atoms with Gasteiger partial charge < -0.3 is 15.4 Å². The summed E-state index contributed by atoms with van der Waals surface area (Å²) in [5.41, 5.74) is 2.97. The smallest absolute Gasteiger partial charge is 0.243 e. The minimum absolute atomic E-state index is 0.000270. The Kier molecular flexibility index (Phi) is 6.42. The van der Waals surface area contributed by atoms with E-state index in [9.17, 15) is 13.2 Å². The van der Waals surface area contributed by atoms with Crippen LogP contribution in [0.4, 0.5) is 11.4 Å². The third-order valence-corrected chi connectivity index (χ3v) is 6.39. The number of benzene rings is 3. The molecule has 0 aliphatic carbocycles. The Balaban J connectivity index is 1.87. The number of nitrogens with one attached hydrogen (secondary N) is 2. The molecule has 3 aromatic rings. The SMILES string of the molecule is COc1cccc(NCC(=O)Nc2cccc(C)c2)c1S(=O)(=O)c1ccc(C)cc1. The first-order valence-corrected chi connectivity index (χ1v) is 10.9. The maximum absolute atomic E-state index is 13.3. The van der Waals surface area contributed by atoms with Crippen LogP contribution in [0, 0.1) is 13.8 Å². The third-order valence-electron chi connectivity index (χ3n) is 4.54. The number of ether oxygens (including phenoxy) is 1. The maximum atomic E-state index is 13.3. The van der Waals surface area contributed by atoms with Gasteiger partial charge in [0.25, 0.3) is 0 Å². The van der Waals surface area contributed by atoms with E-state index in [0.717, 1.165) is 11.1 Å². The first-order valence-electron chi connectivity index (χ1n) is 9.40. The van der Waals surface area contributed by atoms with E-state index in [0.29, 0.717) is 11.4 Å². The van der Waals surface area contributed by atoms with Crippen molar-refractivity contribution in [1.82, 2.24) is 0 Å². The molecule has 0 saturated heterocycles. The molecule has 0 aliphatic rings. The van der Waals surface area contributed by atoms with Crippen LogP contribution in [0.3, 0.4) is 0 Å². The number of sulfone groups is 1. The first kappa shape index (κ1) is 21.4. The second-order valence-electron chi connectivity index (χ2n) is 6.92. The van der Waals surface area contributed by atoms with Crippen LogP contribution in [0.5, 0.6) is 5.75 Å². The number of amides is 1. The number of hydrogen-bond acceptors (Lipinski definition) is 5. The van der Waals surface area contributed by atoms with Crippen LogP contribution in [0.2, 0.25) is 0 Å². The molecule has 0 radical (unpaired) electrons. The summed E-state index contributed by atoms with van der Waals surface area (Å²) in [6, 6.07) is 18.9. The summed E-state index contributed by atoms with van der Waals surface area (Å²) in [6.07, 6.45) is 0. The molecule has 0 aliphatic heterocycles. The summed E-state index contributed by atoms with van der Waals surface area (Å²) in [5.74, 6) is -0.0817. The molecule has 6 nitrogen and oxygen atoms in total. The van der Waals surface area contributed by atoms with Crippen LogP contribution in [-0.2, 0) is 14.6 Å². The predicted octanol–water partition coefficient (Wildman–Crippen LogP) is 4.20. The Bertz CT molecular complexity index is 1160. The maximum Gasteiger partial charge on any atom is 0.243 e. The zero-order valence-electron chi connectivity index (χ0n) is 17.1. The van der Waals surface area contributed by atoms with Crippen molar-refractivity contribution in [2.24, 2.45) is 0 Å². The van der Waals surface area contributed by atoms with Gasteiger partial charge in [-0.3, -0.25) is 4.79 Å². The molecule has 156 valence electrons. The molecule has 0 fully saturated rings. The molecule has 0 atom stereocenters. The molecule has 0 heterocycles. The van der Waals surface area contributed by atoms with E-state index < -0.39 is 9.84 Å². The molecule has 0 unspecified atom stereocenters. The van der Waals surface area contributed by atoms with Gasteiger partial charge in [-0.2, -0.15) is 0 Å². The fraction of sp³-hybridized carbons (Fsp3) is 0.174. The van der Waals surface area contributed by atoms with Gasteiger partial charge in [0.05, 0.1) is 24.2 Å². The van der Waals surface area contributed by atoms with Gasteiger partial charge in [-0.1, -0.05) is 35.9 Å². The van der Waals surface area contributed by atoms with Crippen LogP contribution in [0.1, 0.15) is 11.1 Å². The normalized spacial score (nSPS) is 11.0. The van der Waals surface area contributed by atoms with Crippen LogP contribution < -0.4 is 15.4 Å². The highest BCUT2D eigenvalue weighted by atomic mass is 32.2. The van der Waals surface area contributed by atoms with Crippen molar-refractivity contribution in [3.63, 3.8) is 0 Å². The minimum atomic E-state index is -3.86. The van der Waals surface area contributed by atoms with Gasteiger partial charge in [0.1, 0.15) is 10.6 Å². The van der Waals surface area contributed by atoms with Crippen LogP contribution in [-0.4, -0.2) is 28.0 Å². The van der Waals surface area contributed by atoms with Crippen LogP contribution in [0.25, 0.3) is 0 Å². The zero-order valence-corrected chi connectivity index (χ0v) is 17.9. The van der Waals surface area contributed by atoms with Crippen molar-refractivity contribution >= 4 is 27.1 Å². The van der Waals surface area contributed by atoms with Gasteiger partial charge in [-0.05, 0) is 55.8 Å². The van der Waals surface area contributed by atoms with Crippen molar-refractivity contribution in [3.8, 4) is 5.75 Å². The lowest BCUT2D eigenvalue weighted by Crippen LogP contribution is -2.22. The van der Waals surface area contributed by atoms with E-state index in [2.05, 4.69) is 10.6 Å². The number of hydrogen-bond donors (Lipinski definition) is 2. The van der Waals surface area contributed by atoms with E-state index in [4.69, 9.17) is 4.74 Å². The van der Waals surface area contributed by atoms with E-state index in [-0.39, 0.29) is 28.0 Å². The fourth-order valence-corrected chi connectivity index (χ4v) is 4.61. The summed E-state index contributed by atoms with van der Waals surface area (Å²) in [6.45, 7) is 3.73. The molecule has 3 rings (SSSR count). The molecule has 2 N–H and O–H groups in total. The highest BCUT2D eigenvalue weighted by molar-refractivity contribution is 7.91. The van der Waals surface area contributed by atoms with E-state index in [1.165, 1.54) is 7.11 Å². The lowest BCUT2D eigenvalue weighted by molar-refractivity contribution is -0.114. The summed E-state index contributed by atoms with van der Waals surface area (Å²) < 4.78 is 31.9. The number of methoxy groups -OCH3 is 1. The summed E-state index contributed by atoms with van der Waals surface area (Å²) in [7, 11) is -2.45. The number of anilines is 2. The second-order valence-corrected chi connectivity index (χ2v) is 8.81. The number of carbonyl (C=O) groups excluding carboxylic acids is 1. The van der Waals surface area contributed by atoms with Gasteiger partial charge in [0, 0.05) is 5.69 Å². The minimum Gasteiger partial charge on any atom is -0.495 e. The Morgan fingerprint density at radius 2 is 1.63 bits per heavy atom. The molecule has 0 saturated carbocycles. The molecule has 0 aromatic heterocycles. The van der Waals surface area contributed by atoms with Gasteiger partial charge in [0.15, 0.2) is 0 Å². The standard InChI is InChI=1S/C23H24N2O4S/c1-16-10-12-19(13-11-16)30(27,28)23-20(8-5-9-21(23)29-3)24-15-22(26)25-18-7-4-6-17(2)14-18/h4-14,24H,15H2,1-3H3,(H,25,26). The van der Waals surface area contributed by atoms with Gasteiger partial charge in [0.2, 0.25) is 15.7 Å². The quantitative estimate of drug-likeness (QED) is 0.594. The molecular weight excluding hydrogens is 400 g/mol. The highest BCUT2D eigenvalue weighted by Gasteiger charge is 2.26. The second kappa shape index (κ2) is 9.00. The topological polar surface area (TPSA) is 84.5 Å². The molecule has 7 heteroatoms. The first-order chi connectivity index (χ1) is 14.3. The molecular formula is C23H24N2O4S. The molecule has 0 bridgehead atoms. The fourth-order valence-electron chi connectivity index (χ4n) is 3.03. The lowest BCUT2D eigenvalue weighted by Gasteiger charge is -2.16. The zero-order chi connectivity index (χ0) is 21.7. The monoisotopic (exact) mass is 424 g/mol. The van der Waals surface area contributed by atoms with E-state index in [1.54, 1.807) is 48.5 Å². The van der Waals surface area contributed by atoms with E-state index >= 15 is 0 Å². The Morgan fingerprint density at radius 1 is 0.933 bits per heavy atom. The van der Waals surface area contributed by atoms with Crippen molar-refractivity contribution in [2.45, 2.75) is 23.6 Å². The molecule has 0 spiro atoms. The Morgan fingerprint density at radius 3 is 2.30 bits per heavy atom. The average Bonchev–Trinajstić information content (AvgIpc) is 2.72. The molecule has 1 amide bonds. The summed E-state index contributed by atoms with van der Waals surface area (Å²) in [5, 5.41) is 5.73. The van der Waals surface area contributed by atoms with Gasteiger partial charge in [-0.15, -0.1) is 0 Å². The summed E-state index contributed by atoms with van der Waals surface area (Å²) in [4.78, 5) is 12.5. The Labute approximate surface area is 176 Å². The van der Waals surface area contributed by atoms with Crippen molar-refractivity contribution in [3.05, 3.63) is 77.9 Å². The largest absolute Gasteiger partial charge is 0.495 e. The predicted molar refractivity (Wildman–Crippen MR) is 118 cm³/mol. The van der Waals surface area contributed by atoms with Gasteiger partial charge >= 0.3 is 0 Å². The van der Waals surface area contributed by atoms with Crippen molar-refractivity contribution in [2.75, 3.05) is 24.3 Å². The van der Waals surface area contributed by atoms with E-state index in [1.807, 2.05) is 32.0 Å².